The van der Waals surface area contributed by atoms with Crippen LogP contribution in [0.5, 0.6) is 0 Å². The van der Waals surface area contributed by atoms with Crippen LogP contribution >= 0.6 is 11.8 Å². The number of hydrogen-bond donors (Lipinski definition) is 1. The number of nitrogens with one attached hydrogen (secondary N) is 1. The predicted molar refractivity (Wildman–Crippen MR) is 114 cm³/mol. The molecular weight excluding hydrogens is 386 g/mol. The lowest BCUT2D eigenvalue weighted by molar-refractivity contribution is -0.113. The van der Waals surface area contributed by atoms with Crippen molar-refractivity contribution in [1.82, 2.24) is 19.7 Å². The molecule has 1 N–H and O–H groups in total. The second-order valence-corrected chi connectivity index (χ2v) is 7.39. The summed E-state index contributed by atoms with van der Waals surface area (Å²) in [5.41, 5.74) is 2.21. The topological polar surface area (TPSA) is 80.1 Å². The molecule has 0 aliphatic heterocycles. The number of aromatic nitrogens is 3. The van der Waals surface area contributed by atoms with Crippen LogP contribution in [0.25, 0.3) is 0 Å². The van der Waals surface area contributed by atoms with Crippen molar-refractivity contribution in [2.75, 3.05) is 17.6 Å². The maximum absolute atomic E-state index is 12.9. The first-order valence-electron chi connectivity index (χ1n) is 9.26. The number of amides is 2. The molecule has 2 amide bonds. The molecule has 1 aromatic heterocycles. The summed E-state index contributed by atoms with van der Waals surface area (Å²) in [7, 11) is 1.82. The molecular formula is C21H23N5O2S. The van der Waals surface area contributed by atoms with Gasteiger partial charge in [0.2, 0.25) is 5.91 Å². The smallest absolute Gasteiger partial charge is 0.254 e. The lowest BCUT2D eigenvalue weighted by atomic mass is 10.1. The maximum atomic E-state index is 12.9. The number of carbonyl (C=O) groups excluding carboxylic acids is 2. The van der Waals surface area contributed by atoms with E-state index in [1.807, 2.05) is 44.3 Å². The summed E-state index contributed by atoms with van der Waals surface area (Å²) in [5.74, 6) is -0.0278. The quantitative estimate of drug-likeness (QED) is 0.578. The molecule has 3 aromatic rings. The molecule has 29 heavy (non-hydrogen) atoms. The van der Waals surface area contributed by atoms with E-state index in [9.17, 15) is 9.59 Å². The van der Waals surface area contributed by atoms with Crippen molar-refractivity contribution in [3.63, 3.8) is 0 Å². The van der Waals surface area contributed by atoms with Gasteiger partial charge in [0.25, 0.3) is 5.91 Å². The van der Waals surface area contributed by atoms with E-state index in [2.05, 4.69) is 15.5 Å². The van der Waals surface area contributed by atoms with E-state index in [4.69, 9.17) is 0 Å². The first-order valence-corrected chi connectivity index (χ1v) is 10.2. The molecule has 8 heteroatoms. The van der Waals surface area contributed by atoms with Crippen LogP contribution in [0.1, 0.15) is 22.8 Å². The number of nitrogens with zero attached hydrogens (tertiary/aromatic N) is 4. The third-order valence-electron chi connectivity index (χ3n) is 4.28. The highest BCUT2D eigenvalue weighted by molar-refractivity contribution is 7.99. The Morgan fingerprint density at radius 3 is 2.62 bits per heavy atom. The Morgan fingerprint density at radius 2 is 1.93 bits per heavy atom. The van der Waals surface area contributed by atoms with Crippen molar-refractivity contribution in [3.05, 3.63) is 72.1 Å². The molecule has 7 nitrogen and oxygen atoms in total. The van der Waals surface area contributed by atoms with Gasteiger partial charge >= 0.3 is 0 Å². The maximum Gasteiger partial charge on any atom is 0.254 e. The standard InChI is InChI=1S/C21H23N5O2S/c1-3-26(13-16-8-5-4-6-9-16)20(28)17-10-7-11-18(12-17)23-19(27)14-29-21-24-22-15-25(21)2/h4-12,15H,3,13-14H2,1-2H3,(H,23,27). The molecule has 150 valence electrons. The molecule has 0 fully saturated rings. The Morgan fingerprint density at radius 1 is 1.14 bits per heavy atom. The summed E-state index contributed by atoms with van der Waals surface area (Å²) in [4.78, 5) is 27.0. The third-order valence-corrected chi connectivity index (χ3v) is 5.32. The molecule has 0 saturated carbocycles. The monoisotopic (exact) mass is 409 g/mol. The summed E-state index contributed by atoms with van der Waals surface area (Å²) in [6, 6.07) is 16.9. The highest BCUT2D eigenvalue weighted by Crippen LogP contribution is 2.17. The van der Waals surface area contributed by atoms with Crippen molar-refractivity contribution in [3.8, 4) is 0 Å². The number of rotatable bonds is 8. The number of carbonyl (C=O) groups is 2. The van der Waals surface area contributed by atoms with Crippen LogP contribution in [0, 0.1) is 0 Å². The zero-order chi connectivity index (χ0) is 20.6. The molecule has 0 aliphatic rings. The molecule has 0 aliphatic carbocycles. The molecule has 0 saturated heterocycles. The number of benzene rings is 2. The van der Waals surface area contributed by atoms with Crippen LogP contribution < -0.4 is 5.32 Å². The van der Waals surface area contributed by atoms with Crippen LogP contribution in [0.2, 0.25) is 0 Å². The van der Waals surface area contributed by atoms with Crippen LogP contribution in [0.3, 0.4) is 0 Å². The molecule has 3 rings (SSSR count). The normalized spacial score (nSPS) is 10.6. The number of thioether (sulfide) groups is 1. The van der Waals surface area contributed by atoms with Gasteiger partial charge in [-0.25, -0.2) is 0 Å². The van der Waals surface area contributed by atoms with Crippen LogP contribution in [-0.4, -0.2) is 43.8 Å². The van der Waals surface area contributed by atoms with E-state index in [0.717, 1.165) is 5.56 Å². The zero-order valence-electron chi connectivity index (χ0n) is 16.4. The molecule has 0 radical (unpaired) electrons. The lowest BCUT2D eigenvalue weighted by Gasteiger charge is -2.21. The Balaban J connectivity index is 1.62. The number of aryl methyl sites for hydroxylation is 1. The minimum Gasteiger partial charge on any atom is -0.335 e. The first-order chi connectivity index (χ1) is 14.1. The summed E-state index contributed by atoms with van der Waals surface area (Å²) < 4.78 is 1.75. The second kappa shape index (κ2) is 9.88. The molecule has 2 aromatic carbocycles. The summed E-state index contributed by atoms with van der Waals surface area (Å²) >= 11 is 1.30. The van der Waals surface area contributed by atoms with Gasteiger partial charge < -0.3 is 14.8 Å². The van der Waals surface area contributed by atoms with E-state index in [-0.39, 0.29) is 17.6 Å². The minimum absolute atomic E-state index is 0.0686. The van der Waals surface area contributed by atoms with Gasteiger partial charge in [-0.15, -0.1) is 10.2 Å². The van der Waals surface area contributed by atoms with Crippen LogP contribution in [0.15, 0.2) is 66.1 Å². The van der Waals surface area contributed by atoms with Gasteiger partial charge in [-0.3, -0.25) is 9.59 Å². The highest BCUT2D eigenvalue weighted by atomic mass is 32.2. The lowest BCUT2D eigenvalue weighted by Crippen LogP contribution is -2.30. The minimum atomic E-state index is -0.167. The van der Waals surface area contributed by atoms with Gasteiger partial charge in [-0.05, 0) is 30.7 Å². The van der Waals surface area contributed by atoms with Gasteiger partial charge in [-0.1, -0.05) is 48.2 Å². The molecule has 0 bridgehead atoms. The van der Waals surface area contributed by atoms with E-state index in [0.29, 0.717) is 29.5 Å². The van der Waals surface area contributed by atoms with Gasteiger partial charge in [0, 0.05) is 31.4 Å². The Bertz CT molecular complexity index is 974. The fraction of sp³-hybridized carbons (Fsp3) is 0.238. The number of anilines is 1. The van der Waals surface area contributed by atoms with Gasteiger partial charge in [0.1, 0.15) is 6.33 Å². The van der Waals surface area contributed by atoms with Crippen molar-refractivity contribution in [2.24, 2.45) is 7.05 Å². The third kappa shape index (κ3) is 5.68. The summed E-state index contributed by atoms with van der Waals surface area (Å²) in [6.07, 6.45) is 1.59. The number of hydrogen-bond acceptors (Lipinski definition) is 5. The largest absolute Gasteiger partial charge is 0.335 e. The van der Waals surface area contributed by atoms with Crippen molar-refractivity contribution in [2.45, 2.75) is 18.6 Å². The van der Waals surface area contributed by atoms with E-state index >= 15 is 0 Å². The summed E-state index contributed by atoms with van der Waals surface area (Å²) in [6.45, 7) is 3.09. The SMILES string of the molecule is CCN(Cc1ccccc1)C(=O)c1cccc(NC(=O)CSc2nncn2C)c1. The van der Waals surface area contributed by atoms with Crippen molar-refractivity contribution in [1.29, 1.82) is 0 Å². The fourth-order valence-corrected chi connectivity index (χ4v) is 3.46. The van der Waals surface area contributed by atoms with Gasteiger partial charge in [-0.2, -0.15) is 0 Å². The Labute approximate surface area is 174 Å². The Hall–Kier alpha value is -3.13. The van der Waals surface area contributed by atoms with E-state index < -0.39 is 0 Å². The Kier molecular flexibility index (Phi) is 7.02. The van der Waals surface area contributed by atoms with E-state index in [1.54, 1.807) is 40.1 Å². The fourth-order valence-electron chi connectivity index (χ4n) is 2.77. The molecule has 0 unspecified atom stereocenters. The van der Waals surface area contributed by atoms with Crippen molar-refractivity contribution < 1.29 is 9.59 Å². The molecule has 1 heterocycles. The predicted octanol–water partition coefficient (Wildman–Crippen LogP) is 3.21. The van der Waals surface area contributed by atoms with Crippen molar-refractivity contribution >= 4 is 29.3 Å². The highest BCUT2D eigenvalue weighted by Gasteiger charge is 2.15. The second-order valence-electron chi connectivity index (χ2n) is 6.45. The molecule has 0 atom stereocenters. The first kappa shape index (κ1) is 20.6. The van der Waals surface area contributed by atoms with Gasteiger partial charge in [0.15, 0.2) is 5.16 Å². The zero-order valence-corrected chi connectivity index (χ0v) is 17.2. The van der Waals surface area contributed by atoms with Crippen LogP contribution in [-0.2, 0) is 18.4 Å². The average Bonchev–Trinajstić information content (AvgIpc) is 3.15. The van der Waals surface area contributed by atoms with Gasteiger partial charge in [0.05, 0.1) is 5.75 Å². The average molecular weight is 410 g/mol. The summed E-state index contributed by atoms with van der Waals surface area (Å²) in [5, 5.41) is 11.2. The van der Waals surface area contributed by atoms with Crippen LogP contribution in [0.4, 0.5) is 5.69 Å². The van der Waals surface area contributed by atoms with E-state index in [1.165, 1.54) is 11.8 Å². The molecule has 0 spiro atoms.